The van der Waals surface area contributed by atoms with Crippen LogP contribution in [0.3, 0.4) is 0 Å². The molecule has 1 N–H and O–H groups in total. The molecule has 1 aliphatic rings. The lowest BCUT2D eigenvalue weighted by Gasteiger charge is -2.31. The number of thiophene rings is 1. The lowest BCUT2D eigenvalue weighted by Crippen LogP contribution is -2.53. The van der Waals surface area contributed by atoms with Gasteiger partial charge in [0.05, 0.1) is 16.3 Å². The number of ether oxygens (including phenoxy) is 1. The number of nitrogens with one attached hydrogen (secondary N) is 1. The number of amides is 1. The van der Waals surface area contributed by atoms with Gasteiger partial charge in [-0.1, -0.05) is 11.6 Å². The zero-order chi connectivity index (χ0) is 18.9. The van der Waals surface area contributed by atoms with Crippen molar-refractivity contribution >= 4 is 54.9 Å². The Kier molecular flexibility index (Phi) is 5.52. The van der Waals surface area contributed by atoms with E-state index in [0.29, 0.717) is 23.7 Å². The van der Waals surface area contributed by atoms with Crippen molar-refractivity contribution in [1.29, 1.82) is 0 Å². The number of carbonyl (C=O) groups is 2. The summed E-state index contributed by atoms with van der Waals surface area (Å²) in [6.07, 6.45) is 0.970. The maximum absolute atomic E-state index is 12.7. The van der Waals surface area contributed by atoms with Crippen LogP contribution in [-0.4, -0.2) is 51.4 Å². The summed E-state index contributed by atoms with van der Waals surface area (Å²) >= 11 is 7.32. The molecule has 0 unspecified atom stereocenters. The van der Waals surface area contributed by atoms with Crippen molar-refractivity contribution in [3.8, 4) is 0 Å². The van der Waals surface area contributed by atoms with E-state index in [1.54, 1.807) is 12.1 Å². The smallest absolute Gasteiger partial charge is 0.325 e. The van der Waals surface area contributed by atoms with Crippen LogP contribution in [0.2, 0.25) is 4.34 Å². The topological polar surface area (TPSA) is 92.8 Å². The molecule has 1 aromatic carbocycles. The van der Waals surface area contributed by atoms with Crippen LogP contribution in [0, 0.1) is 0 Å². The molecule has 1 amide bonds. The molecule has 1 fully saturated rings. The molecule has 26 heavy (non-hydrogen) atoms. The van der Waals surface area contributed by atoms with E-state index >= 15 is 0 Å². The van der Waals surface area contributed by atoms with Crippen molar-refractivity contribution in [1.82, 2.24) is 9.62 Å². The third-order valence-electron chi connectivity index (χ3n) is 4.14. The zero-order valence-electron chi connectivity index (χ0n) is 13.9. The molecule has 0 saturated carbocycles. The van der Waals surface area contributed by atoms with E-state index in [4.69, 9.17) is 11.6 Å². The van der Waals surface area contributed by atoms with Crippen LogP contribution in [0.5, 0.6) is 0 Å². The fraction of sp³-hybridized carbons (Fsp3) is 0.375. The number of esters is 1. The number of piperidine rings is 1. The Balaban J connectivity index is 1.78. The largest absolute Gasteiger partial charge is 0.468 e. The Labute approximate surface area is 159 Å². The molecule has 3 rings (SSSR count). The summed E-state index contributed by atoms with van der Waals surface area (Å²) in [6.45, 7) is 0.207. The van der Waals surface area contributed by atoms with Crippen LogP contribution in [0.4, 0.5) is 0 Å². The van der Waals surface area contributed by atoms with E-state index in [-0.39, 0.29) is 11.4 Å². The summed E-state index contributed by atoms with van der Waals surface area (Å²) in [5.41, 5.74) is 0. The van der Waals surface area contributed by atoms with Gasteiger partial charge in [0.2, 0.25) is 15.9 Å². The van der Waals surface area contributed by atoms with E-state index in [2.05, 4.69) is 9.46 Å². The molecule has 10 heteroatoms. The van der Waals surface area contributed by atoms with Gasteiger partial charge in [-0.2, -0.15) is 4.72 Å². The second-order valence-corrected chi connectivity index (χ2v) is 9.33. The number of hydrogen-bond acceptors (Lipinski definition) is 6. The van der Waals surface area contributed by atoms with Gasteiger partial charge < -0.3 is 9.64 Å². The summed E-state index contributed by atoms with van der Waals surface area (Å²) in [5.74, 6) is -0.966. The fourth-order valence-corrected chi connectivity index (χ4v) is 5.23. The summed E-state index contributed by atoms with van der Waals surface area (Å²) < 4.78 is 33.8. The van der Waals surface area contributed by atoms with Gasteiger partial charge >= 0.3 is 5.97 Å². The third-order valence-corrected chi connectivity index (χ3v) is 6.86. The van der Waals surface area contributed by atoms with Gasteiger partial charge in [0.15, 0.2) is 0 Å². The van der Waals surface area contributed by atoms with Gasteiger partial charge in [-0.25, -0.2) is 8.42 Å². The normalized spacial score (nSPS) is 18.3. The quantitative estimate of drug-likeness (QED) is 0.752. The highest BCUT2D eigenvalue weighted by Gasteiger charge is 2.33. The van der Waals surface area contributed by atoms with Gasteiger partial charge in [0.25, 0.3) is 0 Å². The predicted molar refractivity (Wildman–Crippen MR) is 98.8 cm³/mol. The van der Waals surface area contributed by atoms with Gasteiger partial charge in [0, 0.05) is 11.2 Å². The highest BCUT2D eigenvalue weighted by Crippen LogP contribution is 2.31. The van der Waals surface area contributed by atoms with Gasteiger partial charge in [-0.15, -0.1) is 11.3 Å². The van der Waals surface area contributed by atoms with Crippen LogP contribution in [0.1, 0.15) is 12.8 Å². The van der Waals surface area contributed by atoms with Gasteiger partial charge in [0.1, 0.15) is 12.6 Å². The zero-order valence-corrected chi connectivity index (χ0v) is 16.3. The fourth-order valence-electron chi connectivity index (χ4n) is 2.84. The van der Waals surface area contributed by atoms with E-state index in [0.717, 1.165) is 10.1 Å². The molecule has 2 aromatic rings. The minimum absolute atomic E-state index is 0.0670. The van der Waals surface area contributed by atoms with Crippen molar-refractivity contribution < 1.29 is 22.7 Å². The highest BCUT2D eigenvalue weighted by atomic mass is 35.5. The Morgan fingerprint density at radius 1 is 1.42 bits per heavy atom. The first-order valence-electron chi connectivity index (χ1n) is 7.87. The molecule has 1 aliphatic heterocycles. The average Bonchev–Trinajstić information content (AvgIpc) is 2.97. The molecular formula is C16H17ClN2O5S2. The second-order valence-electron chi connectivity index (χ2n) is 5.90. The third kappa shape index (κ3) is 4.01. The second kappa shape index (κ2) is 7.51. The molecule has 0 radical (unpaired) electrons. The molecule has 0 spiro atoms. The first-order valence-corrected chi connectivity index (χ1v) is 10.5. The molecule has 0 aliphatic carbocycles. The Bertz CT molecular complexity index is 957. The van der Waals surface area contributed by atoms with Gasteiger partial charge in [-0.3, -0.25) is 9.59 Å². The van der Waals surface area contributed by atoms with Gasteiger partial charge in [-0.05, 0) is 42.5 Å². The molecule has 140 valence electrons. The summed E-state index contributed by atoms with van der Waals surface area (Å²) in [6, 6.07) is 5.49. The van der Waals surface area contributed by atoms with Crippen LogP contribution in [0.25, 0.3) is 10.1 Å². The van der Waals surface area contributed by atoms with Crippen LogP contribution >= 0.6 is 22.9 Å². The molecule has 7 nitrogen and oxygen atoms in total. The van der Waals surface area contributed by atoms with E-state index in [1.165, 1.54) is 35.5 Å². The number of likely N-dealkylation sites (tertiary alicyclic amines) is 1. The summed E-state index contributed by atoms with van der Waals surface area (Å²) in [5, 5.41) is 0.727. The van der Waals surface area contributed by atoms with Crippen LogP contribution in [-0.2, 0) is 24.3 Å². The number of benzene rings is 1. The van der Waals surface area contributed by atoms with Crippen molar-refractivity contribution in [2.75, 3.05) is 20.2 Å². The Hall–Kier alpha value is -1.68. The Morgan fingerprint density at radius 2 is 2.19 bits per heavy atom. The number of sulfonamides is 1. The Morgan fingerprint density at radius 3 is 2.92 bits per heavy atom. The number of rotatable bonds is 5. The lowest BCUT2D eigenvalue weighted by molar-refractivity contribution is -0.148. The maximum atomic E-state index is 12.7. The van der Waals surface area contributed by atoms with E-state index < -0.39 is 27.9 Å². The van der Waals surface area contributed by atoms with Crippen molar-refractivity contribution in [2.24, 2.45) is 0 Å². The average molecular weight is 417 g/mol. The van der Waals surface area contributed by atoms with E-state index in [1.807, 2.05) is 0 Å². The monoisotopic (exact) mass is 416 g/mol. The molecule has 1 aromatic heterocycles. The predicted octanol–water partition coefficient (Wildman–Crippen LogP) is 2.00. The SMILES string of the molecule is COC(=O)CN1CCC[C@H](NS(=O)(=O)c2ccc3sc(Cl)cc3c2)C1=O. The van der Waals surface area contributed by atoms with Crippen molar-refractivity contribution in [2.45, 2.75) is 23.8 Å². The molecular weight excluding hydrogens is 400 g/mol. The molecule has 0 bridgehead atoms. The molecule has 2 heterocycles. The van der Waals surface area contributed by atoms with Crippen molar-refractivity contribution in [3.63, 3.8) is 0 Å². The van der Waals surface area contributed by atoms with Crippen LogP contribution in [0.15, 0.2) is 29.2 Å². The molecule has 1 saturated heterocycles. The number of hydrogen-bond donors (Lipinski definition) is 1. The number of carbonyl (C=O) groups excluding carboxylic acids is 2. The first kappa shape index (κ1) is 19.1. The number of methoxy groups -OCH3 is 1. The maximum Gasteiger partial charge on any atom is 0.325 e. The standard InChI is InChI=1S/C16H17ClN2O5S2/c1-24-15(20)9-19-6-2-3-12(16(19)21)18-26(22,23)11-4-5-13-10(7-11)8-14(17)25-13/h4-5,7-8,12,18H,2-3,6,9H2,1H3/t12-/m0/s1. The van der Waals surface area contributed by atoms with Crippen LogP contribution < -0.4 is 4.72 Å². The summed E-state index contributed by atoms with van der Waals surface area (Å²) in [7, 11) is -2.64. The summed E-state index contributed by atoms with van der Waals surface area (Å²) in [4.78, 5) is 25.3. The number of halogens is 1. The number of fused-ring (bicyclic) bond motifs is 1. The minimum atomic E-state index is -3.88. The highest BCUT2D eigenvalue weighted by molar-refractivity contribution is 7.89. The molecule has 1 atom stereocenters. The minimum Gasteiger partial charge on any atom is -0.468 e. The first-order chi connectivity index (χ1) is 12.3. The number of nitrogens with zero attached hydrogens (tertiary/aromatic N) is 1. The lowest BCUT2D eigenvalue weighted by atomic mass is 10.1. The van der Waals surface area contributed by atoms with E-state index in [9.17, 15) is 18.0 Å². The van der Waals surface area contributed by atoms with Crippen molar-refractivity contribution in [3.05, 3.63) is 28.6 Å².